The molecule has 1 saturated carbocycles. The lowest BCUT2D eigenvalue weighted by molar-refractivity contribution is 0.168. The van der Waals surface area contributed by atoms with Gasteiger partial charge in [0.05, 0.1) is 0 Å². The zero-order valence-electron chi connectivity index (χ0n) is 6.22. The van der Waals surface area contributed by atoms with Crippen molar-refractivity contribution in [3.8, 4) is 0 Å². The Morgan fingerprint density at radius 1 is 1.30 bits per heavy atom. The molecule has 0 spiro atoms. The summed E-state index contributed by atoms with van der Waals surface area (Å²) in [5.41, 5.74) is 0. The Bertz CT molecular complexity index is 85.3. The second-order valence-electron chi connectivity index (χ2n) is 3.24. The van der Waals surface area contributed by atoms with Crippen LogP contribution in [0.15, 0.2) is 0 Å². The zero-order valence-corrected chi connectivity index (χ0v) is 7.81. The van der Waals surface area contributed by atoms with Crippen molar-refractivity contribution in [3.63, 3.8) is 0 Å². The van der Waals surface area contributed by atoms with E-state index in [1.165, 1.54) is 25.7 Å². The topological polar surface area (TPSA) is 20.2 Å². The Kier molecular flexibility index (Phi) is 3.71. The van der Waals surface area contributed by atoms with Crippen molar-refractivity contribution >= 4 is 15.9 Å². The van der Waals surface area contributed by atoms with Gasteiger partial charge >= 0.3 is 0 Å². The Morgan fingerprint density at radius 3 is 2.60 bits per heavy atom. The van der Waals surface area contributed by atoms with E-state index in [-0.39, 0.29) is 0 Å². The SMILES string of the molecule is OCC1CCCC(CBr)C1. The lowest BCUT2D eigenvalue weighted by Gasteiger charge is -2.26. The average Bonchev–Trinajstić information content (AvgIpc) is 2.05. The van der Waals surface area contributed by atoms with Gasteiger partial charge in [-0.05, 0) is 31.1 Å². The van der Waals surface area contributed by atoms with Crippen molar-refractivity contribution in [1.82, 2.24) is 0 Å². The summed E-state index contributed by atoms with van der Waals surface area (Å²) < 4.78 is 0. The van der Waals surface area contributed by atoms with Crippen molar-refractivity contribution < 1.29 is 5.11 Å². The van der Waals surface area contributed by atoms with E-state index in [4.69, 9.17) is 5.11 Å². The van der Waals surface area contributed by atoms with Gasteiger partial charge in [-0.1, -0.05) is 22.4 Å². The maximum Gasteiger partial charge on any atom is 0.0459 e. The van der Waals surface area contributed by atoms with Crippen LogP contribution in [0.1, 0.15) is 25.7 Å². The van der Waals surface area contributed by atoms with Crippen molar-refractivity contribution in [1.29, 1.82) is 0 Å². The molecular weight excluding hydrogens is 192 g/mol. The normalized spacial score (nSPS) is 34.2. The fraction of sp³-hybridized carbons (Fsp3) is 1.00. The Hall–Kier alpha value is 0.440. The van der Waals surface area contributed by atoms with E-state index in [0.29, 0.717) is 12.5 Å². The van der Waals surface area contributed by atoms with E-state index in [9.17, 15) is 0 Å². The first-order chi connectivity index (χ1) is 4.86. The van der Waals surface area contributed by atoms with Gasteiger partial charge in [-0.15, -0.1) is 0 Å². The lowest BCUT2D eigenvalue weighted by atomic mass is 9.83. The van der Waals surface area contributed by atoms with Crippen LogP contribution in [0.4, 0.5) is 0 Å². The van der Waals surface area contributed by atoms with Crippen LogP contribution in [0, 0.1) is 11.8 Å². The molecule has 2 unspecified atom stereocenters. The van der Waals surface area contributed by atoms with Gasteiger partial charge in [-0.3, -0.25) is 0 Å². The van der Waals surface area contributed by atoms with E-state index < -0.39 is 0 Å². The predicted octanol–water partition coefficient (Wildman–Crippen LogP) is 2.18. The number of alkyl halides is 1. The molecule has 0 aliphatic heterocycles. The maximum atomic E-state index is 8.89. The van der Waals surface area contributed by atoms with Crippen LogP contribution in [0.5, 0.6) is 0 Å². The van der Waals surface area contributed by atoms with Gasteiger partial charge < -0.3 is 5.11 Å². The van der Waals surface area contributed by atoms with E-state index in [0.717, 1.165) is 11.2 Å². The summed E-state index contributed by atoms with van der Waals surface area (Å²) in [5.74, 6) is 1.42. The van der Waals surface area contributed by atoms with Gasteiger partial charge in [0, 0.05) is 11.9 Å². The van der Waals surface area contributed by atoms with Gasteiger partial charge in [-0.2, -0.15) is 0 Å². The highest BCUT2D eigenvalue weighted by Crippen LogP contribution is 2.29. The molecule has 0 amide bonds. The van der Waals surface area contributed by atoms with Crippen LogP contribution >= 0.6 is 15.9 Å². The van der Waals surface area contributed by atoms with Gasteiger partial charge in [-0.25, -0.2) is 0 Å². The fourth-order valence-electron chi connectivity index (χ4n) is 1.71. The fourth-order valence-corrected chi connectivity index (χ4v) is 2.30. The van der Waals surface area contributed by atoms with Crippen molar-refractivity contribution in [2.45, 2.75) is 25.7 Å². The molecule has 0 heterocycles. The third kappa shape index (κ3) is 2.24. The van der Waals surface area contributed by atoms with Crippen LogP contribution in [0.3, 0.4) is 0 Å². The van der Waals surface area contributed by atoms with E-state index in [2.05, 4.69) is 15.9 Å². The Labute approximate surface area is 70.9 Å². The molecule has 60 valence electrons. The number of rotatable bonds is 2. The van der Waals surface area contributed by atoms with E-state index >= 15 is 0 Å². The Balaban J connectivity index is 2.25. The number of hydrogen-bond acceptors (Lipinski definition) is 1. The summed E-state index contributed by atoms with van der Waals surface area (Å²) in [6.07, 6.45) is 5.12. The minimum absolute atomic E-state index is 0.392. The zero-order chi connectivity index (χ0) is 7.40. The molecule has 0 aromatic rings. The highest BCUT2D eigenvalue weighted by atomic mass is 79.9. The minimum Gasteiger partial charge on any atom is -0.396 e. The van der Waals surface area contributed by atoms with Crippen molar-refractivity contribution in [3.05, 3.63) is 0 Å². The summed E-state index contributed by atoms with van der Waals surface area (Å²) in [6, 6.07) is 0. The second-order valence-corrected chi connectivity index (χ2v) is 3.88. The van der Waals surface area contributed by atoms with E-state index in [1.54, 1.807) is 0 Å². The first kappa shape index (κ1) is 8.54. The molecule has 1 fully saturated rings. The van der Waals surface area contributed by atoms with Crippen LogP contribution in [-0.2, 0) is 0 Å². The molecule has 0 bridgehead atoms. The molecule has 0 saturated heterocycles. The van der Waals surface area contributed by atoms with Crippen LogP contribution in [-0.4, -0.2) is 17.0 Å². The van der Waals surface area contributed by atoms with Gasteiger partial charge in [0.1, 0.15) is 0 Å². The summed E-state index contributed by atoms with van der Waals surface area (Å²) >= 11 is 3.49. The number of hydrogen-bond donors (Lipinski definition) is 1. The smallest absolute Gasteiger partial charge is 0.0459 e. The quantitative estimate of drug-likeness (QED) is 0.688. The number of aliphatic hydroxyl groups excluding tert-OH is 1. The highest BCUT2D eigenvalue weighted by Gasteiger charge is 2.19. The highest BCUT2D eigenvalue weighted by molar-refractivity contribution is 9.09. The Morgan fingerprint density at radius 2 is 2.00 bits per heavy atom. The van der Waals surface area contributed by atoms with Crippen LogP contribution in [0.2, 0.25) is 0 Å². The lowest BCUT2D eigenvalue weighted by Crippen LogP contribution is -2.18. The van der Waals surface area contributed by atoms with Gasteiger partial charge in [0.2, 0.25) is 0 Å². The monoisotopic (exact) mass is 206 g/mol. The van der Waals surface area contributed by atoms with Gasteiger partial charge in [0.25, 0.3) is 0 Å². The summed E-state index contributed by atoms with van der Waals surface area (Å²) in [5, 5.41) is 10.0. The number of aliphatic hydroxyl groups is 1. The molecule has 2 heteroatoms. The maximum absolute atomic E-state index is 8.89. The molecule has 1 aliphatic rings. The number of halogens is 1. The minimum atomic E-state index is 0.392. The third-order valence-corrected chi connectivity index (χ3v) is 3.28. The first-order valence-electron chi connectivity index (χ1n) is 4.03. The van der Waals surface area contributed by atoms with Crippen LogP contribution in [0.25, 0.3) is 0 Å². The van der Waals surface area contributed by atoms with Crippen molar-refractivity contribution in [2.24, 2.45) is 11.8 Å². The average molecular weight is 207 g/mol. The van der Waals surface area contributed by atoms with E-state index in [1.807, 2.05) is 0 Å². The molecular formula is C8H15BrO. The first-order valence-corrected chi connectivity index (χ1v) is 5.15. The molecule has 10 heavy (non-hydrogen) atoms. The molecule has 1 nitrogen and oxygen atoms in total. The molecule has 1 aliphatic carbocycles. The molecule has 1 N–H and O–H groups in total. The van der Waals surface area contributed by atoms with Gasteiger partial charge in [0.15, 0.2) is 0 Å². The molecule has 0 aromatic heterocycles. The summed E-state index contributed by atoms with van der Waals surface area (Å²) in [7, 11) is 0. The summed E-state index contributed by atoms with van der Waals surface area (Å²) in [6.45, 7) is 0.392. The van der Waals surface area contributed by atoms with Crippen molar-refractivity contribution in [2.75, 3.05) is 11.9 Å². The molecule has 2 atom stereocenters. The largest absolute Gasteiger partial charge is 0.396 e. The van der Waals surface area contributed by atoms with Crippen LogP contribution < -0.4 is 0 Å². The third-order valence-electron chi connectivity index (χ3n) is 2.37. The molecule has 1 rings (SSSR count). The summed E-state index contributed by atoms with van der Waals surface area (Å²) in [4.78, 5) is 0. The second kappa shape index (κ2) is 4.35. The predicted molar refractivity (Wildman–Crippen MR) is 46.3 cm³/mol. The molecule has 0 radical (unpaired) electrons. The molecule has 0 aromatic carbocycles. The standard InChI is InChI=1S/C8H15BrO/c9-5-7-2-1-3-8(4-7)6-10/h7-8,10H,1-6H2.